The maximum atomic E-state index is 5.71. The monoisotopic (exact) mass is 377 g/mol. The Morgan fingerprint density at radius 1 is 1.11 bits per heavy atom. The van der Waals surface area contributed by atoms with Crippen LogP contribution in [0.25, 0.3) is 11.6 Å². The van der Waals surface area contributed by atoms with Crippen LogP contribution < -0.4 is 9.47 Å². The van der Waals surface area contributed by atoms with Crippen molar-refractivity contribution in [2.75, 3.05) is 6.79 Å². The molecule has 0 bridgehead atoms. The molecule has 8 heteroatoms. The van der Waals surface area contributed by atoms with Crippen LogP contribution >= 0.6 is 0 Å². The van der Waals surface area contributed by atoms with Gasteiger partial charge in [0.15, 0.2) is 17.3 Å². The van der Waals surface area contributed by atoms with E-state index < -0.39 is 0 Å². The first-order valence-corrected chi connectivity index (χ1v) is 9.11. The number of benzene rings is 1. The standard InChI is InChI=1S/C20H19N5O3/c1-14-3-5-17(28-14)20-22-19(7-10-24-9-2-8-21-24)25(23-20)12-15-4-6-16-18(11-15)27-13-26-16/h2-6,8-9,11H,7,10,12-13H2,1H3. The molecule has 0 saturated heterocycles. The Kier molecular flexibility index (Phi) is 4.08. The Labute approximate surface area is 161 Å². The average Bonchev–Trinajstić information content (AvgIpc) is 3.47. The first-order chi connectivity index (χ1) is 13.7. The van der Waals surface area contributed by atoms with E-state index in [0.717, 1.165) is 35.2 Å². The lowest BCUT2D eigenvalue weighted by atomic mass is 10.2. The van der Waals surface area contributed by atoms with E-state index in [1.165, 1.54) is 0 Å². The molecule has 4 heterocycles. The molecular formula is C20H19N5O3. The molecule has 0 amide bonds. The van der Waals surface area contributed by atoms with E-state index in [2.05, 4.69) is 5.10 Å². The number of aryl methyl sites for hydroxylation is 3. The molecule has 1 aliphatic heterocycles. The van der Waals surface area contributed by atoms with Crippen LogP contribution in [0.15, 0.2) is 53.2 Å². The third-order valence-electron chi connectivity index (χ3n) is 4.60. The first kappa shape index (κ1) is 16.6. The van der Waals surface area contributed by atoms with Crippen LogP contribution in [0.1, 0.15) is 17.1 Å². The van der Waals surface area contributed by atoms with Crippen molar-refractivity contribution in [3.05, 3.63) is 65.9 Å². The number of furan rings is 1. The summed E-state index contributed by atoms with van der Waals surface area (Å²) in [5, 5.41) is 8.96. The molecule has 1 aromatic carbocycles. The van der Waals surface area contributed by atoms with E-state index >= 15 is 0 Å². The smallest absolute Gasteiger partial charge is 0.231 e. The van der Waals surface area contributed by atoms with Crippen LogP contribution in [0, 0.1) is 6.92 Å². The topological polar surface area (TPSA) is 80.1 Å². The summed E-state index contributed by atoms with van der Waals surface area (Å²) in [5.74, 6) is 4.50. The number of nitrogens with zero attached hydrogens (tertiary/aromatic N) is 5. The summed E-state index contributed by atoms with van der Waals surface area (Å²) in [6.45, 7) is 3.48. The van der Waals surface area contributed by atoms with Crippen molar-refractivity contribution in [3.63, 3.8) is 0 Å². The SMILES string of the molecule is Cc1ccc(-c2nc(CCn3cccn3)n(Cc3ccc4c(c3)OCO4)n2)o1. The lowest BCUT2D eigenvalue weighted by Crippen LogP contribution is -2.10. The van der Waals surface area contributed by atoms with E-state index in [9.17, 15) is 0 Å². The van der Waals surface area contributed by atoms with Gasteiger partial charge in [-0.1, -0.05) is 6.07 Å². The van der Waals surface area contributed by atoms with Crippen LogP contribution in [0.3, 0.4) is 0 Å². The fourth-order valence-electron chi connectivity index (χ4n) is 3.20. The minimum absolute atomic E-state index is 0.263. The van der Waals surface area contributed by atoms with Gasteiger partial charge < -0.3 is 13.9 Å². The Morgan fingerprint density at radius 2 is 2.04 bits per heavy atom. The molecule has 0 unspecified atom stereocenters. The van der Waals surface area contributed by atoms with Gasteiger partial charge in [0.1, 0.15) is 11.6 Å². The molecule has 0 aliphatic carbocycles. The van der Waals surface area contributed by atoms with E-state index in [1.54, 1.807) is 6.20 Å². The summed E-state index contributed by atoms with van der Waals surface area (Å²) in [6.07, 6.45) is 4.42. The molecule has 1 aliphatic rings. The van der Waals surface area contributed by atoms with Crippen molar-refractivity contribution in [3.8, 4) is 23.1 Å². The van der Waals surface area contributed by atoms with Crippen molar-refractivity contribution in [1.82, 2.24) is 24.5 Å². The molecule has 8 nitrogen and oxygen atoms in total. The zero-order valence-corrected chi connectivity index (χ0v) is 15.4. The lowest BCUT2D eigenvalue weighted by molar-refractivity contribution is 0.174. The summed E-state index contributed by atoms with van der Waals surface area (Å²) in [7, 11) is 0. The molecule has 0 saturated carbocycles. The third kappa shape index (κ3) is 3.24. The summed E-state index contributed by atoms with van der Waals surface area (Å²) >= 11 is 0. The maximum absolute atomic E-state index is 5.71. The van der Waals surface area contributed by atoms with Gasteiger partial charge in [0.2, 0.25) is 12.6 Å². The fraction of sp³-hybridized carbons (Fsp3) is 0.250. The zero-order valence-electron chi connectivity index (χ0n) is 15.4. The van der Waals surface area contributed by atoms with Gasteiger partial charge in [-0.2, -0.15) is 5.10 Å². The second-order valence-electron chi connectivity index (χ2n) is 6.63. The maximum Gasteiger partial charge on any atom is 0.231 e. The number of fused-ring (bicyclic) bond motifs is 1. The Morgan fingerprint density at radius 3 is 2.86 bits per heavy atom. The van der Waals surface area contributed by atoms with E-state index in [-0.39, 0.29) is 6.79 Å². The van der Waals surface area contributed by atoms with Gasteiger partial charge >= 0.3 is 0 Å². The van der Waals surface area contributed by atoms with Crippen molar-refractivity contribution in [2.24, 2.45) is 0 Å². The molecule has 142 valence electrons. The van der Waals surface area contributed by atoms with Crippen molar-refractivity contribution in [1.29, 1.82) is 0 Å². The van der Waals surface area contributed by atoms with Crippen molar-refractivity contribution in [2.45, 2.75) is 26.4 Å². The second-order valence-corrected chi connectivity index (χ2v) is 6.63. The number of aromatic nitrogens is 5. The predicted octanol–water partition coefficient (Wildman–Crippen LogP) is 3.06. The van der Waals surface area contributed by atoms with Gasteiger partial charge in [-0.25, -0.2) is 9.67 Å². The van der Waals surface area contributed by atoms with E-state index in [1.807, 2.05) is 58.9 Å². The summed E-state index contributed by atoms with van der Waals surface area (Å²) in [6, 6.07) is 11.6. The highest BCUT2D eigenvalue weighted by atomic mass is 16.7. The lowest BCUT2D eigenvalue weighted by Gasteiger charge is -2.07. The van der Waals surface area contributed by atoms with Gasteiger partial charge in [-0.3, -0.25) is 4.68 Å². The van der Waals surface area contributed by atoms with Gasteiger partial charge in [-0.15, -0.1) is 5.10 Å². The molecule has 0 N–H and O–H groups in total. The minimum Gasteiger partial charge on any atom is -0.458 e. The molecular weight excluding hydrogens is 358 g/mol. The predicted molar refractivity (Wildman–Crippen MR) is 100 cm³/mol. The molecule has 4 aromatic rings. The number of ether oxygens (including phenoxy) is 2. The fourth-order valence-corrected chi connectivity index (χ4v) is 3.20. The van der Waals surface area contributed by atoms with Crippen LogP contribution in [-0.2, 0) is 19.5 Å². The first-order valence-electron chi connectivity index (χ1n) is 9.11. The van der Waals surface area contributed by atoms with Crippen LogP contribution in [0.4, 0.5) is 0 Å². The number of hydrogen-bond donors (Lipinski definition) is 0. The summed E-state index contributed by atoms with van der Waals surface area (Å²) < 4.78 is 20.4. The molecule has 0 fully saturated rings. The van der Waals surface area contributed by atoms with Crippen molar-refractivity contribution >= 4 is 0 Å². The summed E-state index contributed by atoms with van der Waals surface area (Å²) in [4.78, 5) is 4.72. The van der Waals surface area contributed by atoms with Gasteiger partial charge in [0.05, 0.1) is 6.54 Å². The molecule has 28 heavy (non-hydrogen) atoms. The highest BCUT2D eigenvalue weighted by Gasteiger charge is 2.17. The van der Waals surface area contributed by atoms with Crippen LogP contribution in [0.2, 0.25) is 0 Å². The third-order valence-corrected chi connectivity index (χ3v) is 4.60. The molecule has 0 atom stereocenters. The number of hydrogen-bond acceptors (Lipinski definition) is 6. The van der Waals surface area contributed by atoms with E-state index in [4.69, 9.17) is 24.0 Å². The Hall–Kier alpha value is -3.55. The van der Waals surface area contributed by atoms with Gasteiger partial charge in [0, 0.05) is 25.4 Å². The normalized spacial score (nSPS) is 12.6. The van der Waals surface area contributed by atoms with Gasteiger partial charge in [-0.05, 0) is 42.8 Å². The molecule has 5 rings (SSSR count). The minimum atomic E-state index is 0.263. The largest absolute Gasteiger partial charge is 0.458 e. The zero-order chi connectivity index (χ0) is 18.9. The van der Waals surface area contributed by atoms with Gasteiger partial charge in [0.25, 0.3) is 0 Å². The summed E-state index contributed by atoms with van der Waals surface area (Å²) in [5.41, 5.74) is 1.07. The molecule has 0 spiro atoms. The second kappa shape index (κ2) is 6.88. The van der Waals surface area contributed by atoms with Crippen molar-refractivity contribution < 1.29 is 13.9 Å². The Bertz CT molecular complexity index is 1100. The Balaban J connectivity index is 1.44. The molecule has 0 radical (unpaired) electrons. The van der Waals surface area contributed by atoms with E-state index in [0.29, 0.717) is 24.6 Å². The average molecular weight is 377 g/mol. The molecule has 3 aromatic heterocycles. The highest BCUT2D eigenvalue weighted by Crippen LogP contribution is 2.32. The van der Waals surface area contributed by atoms with Crippen LogP contribution in [-0.4, -0.2) is 31.3 Å². The quantitative estimate of drug-likeness (QED) is 0.514. The number of rotatable bonds is 6. The van der Waals surface area contributed by atoms with Crippen LogP contribution in [0.5, 0.6) is 11.5 Å². The highest BCUT2D eigenvalue weighted by molar-refractivity contribution is 5.47.